The van der Waals surface area contributed by atoms with Crippen molar-refractivity contribution < 1.29 is 1.43 Å². The maximum atomic E-state index is 3.42. The fourth-order valence-corrected chi connectivity index (χ4v) is 12.2. The van der Waals surface area contributed by atoms with Crippen molar-refractivity contribution in [2.45, 2.75) is 12.8 Å². The van der Waals surface area contributed by atoms with E-state index in [1.54, 1.807) is 0 Å². The van der Waals surface area contributed by atoms with Crippen LogP contribution in [0.5, 0.6) is 0 Å². The Labute approximate surface area is 459 Å². The molecule has 2 nitrogen and oxygen atoms in total. The highest BCUT2D eigenvalue weighted by Crippen LogP contribution is 2.45. The van der Waals surface area contributed by atoms with Crippen molar-refractivity contribution in [2.75, 3.05) is 0 Å². The summed E-state index contributed by atoms with van der Waals surface area (Å²) in [5.41, 5.74) is 26.2. The minimum Gasteiger partial charge on any atom is -1.00 e. The smallest absolute Gasteiger partial charge is 0.0562 e. The molecule has 14 aromatic rings. The quantitative estimate of drug-likeness (QED) is 0.163. The molecule has 12 aromatic carbocycles. The summed E-state index contributed by atoms with van der Waals surface area (Å²) in [6.07, 6.45) is 2.18. The molecule has 2 heterocycles. The van der Waals surface area contributed by atoms with Gasteiger partial charge in [-0.15, -0.1) is 0 Å². The maximum Gasteiger partial charge on any atom is 0.0562 e. The van der Waals surface area contributed by atoms with Crippen molar-refractivity contribution >= 4 is 59.5 Å². The number of fused-ring (bicyclic) bond motifs is 12. The first-order valence-electron chi connectivity index (χ1n) is 26.5. The van der Waals surface area contributed by atoms with Gasteiger partial charge in [-0.2, -0.15) is 0 Å². The molecule has 2 aliphatic carbocycles. The Bertz CT molecular complexity index is 4220. The zero-order valence-corrected chi connectivity index (χ0v) is 43.9. The summed E-state index contributed by atoms with van der Waals surface area (Å²) in [7, 11) is 0. The molecule has 0 bridgehead atoms. The zero-order valence-electron chi connectivity index (χ0n) is 43.3. The van der Waals surface area contributed by atoms with E-state index >= 15 is 0 Å². The minimum atomic E-state index is 0. The van der Waals surface area contributed by atoms with Gasteiger partial charge in [0.15, 0.2) is 0 Å². The third-order valence-electron chi connectivity index (χ3n) is 15.6. The van der Waals surface area contributed by atoms with Gasteiger partial charge in [0.2, 0.25) is 0 Å². The summed E-state index contributed by atoms with van der Waals surface area (Å²) in [4.78, 5) is 0. The Morgan fingerprint density at radius 2 is 0.597 bits per heavy atom. The molecule has 0 saturated carbocycles. The van der Waals surface area contributed by atoms with Gasteiger partial charge in [0.1, 0.15) is 0 Å². The second kappa shape index (κ2) is 19.8. The van der Waals surface area contributed by atoms with E-state index in [-0.39, 0.29) is 1.43 Å². The standard InChI is InChI=1S/C42H28N2.C20H14.C12H9Br.H/c1-3-11-29(12-4-1)31-19-23-33(24-20-31)43-39-17-9-7-15-35(39)37-27-38-36-16-8-10-18-40(36)44(42(38)28-41(37)43)34-25-21-32(22-26-34)30-13-5-2-6-14-30;1-3-7-17-13(5-1)9-15-11-16-10-14-6-2-4-8-18(14)20(16)12-19(15)17;13-12-8-6-11(7-9-12)10-4-2-1-3-5-10;/h1-28H;1-8,11-12H,9-10H2;1-9H;/q;;;-1/i;;;1+1. The molecule has 0 atom stereocenters. The minimum absolute atomic E-state index is 0. The topological polar surface area (TPSA) is 9.86 Å². The van der Waals surface area contributed by atoms with E-state index in [2.05, 4.69) is 304 Å². The van der Waals surface area contributed by atoms with Crippen molar-refractivity contribution in [3.8, 4) is 67.0 Å². The molecule has 77 heavy (non-hydrogen) atoms. The first-order valence-corrected chi connectivity index (χ1v) is 27.3. The molecular weight excluding hydrogens is 997 g/mol. The normalized spacial score (nSPS) is 11.9. The lowest BCUT2D eigenvalue weighted by atomic mass is 9.98. The Morgan fingerprint density at radius 1 is 0.247 bits per heavy atom. The first-order chi connectivity index (χ1) is 38.1. The van der Waals surface area contributed by atoms with Crippen LogP contribution in [0.3, 0.4) is 0 Å². The summed E-state index contributed by atoms with van der Waals surface area (Å²) in [5.74, 6) is 0. The lowest BCUT2D eigenvalue weighted by molar-refractivity contribution is 1.16. The average Bonchev–Trinajstić information content (AvgIpc) is 4.43. The number of halogens is 1. The lowest BCUT2D eigenvalue weighted by Crippen LogP contribution is -1.96. The SMILES string of the molecule is Brc1ccc(-c2ccccc2)cc1.[2H-].c1ccc(-c2ccc(-n3c4ccccc4c4cc5c6ccccc6n(-c6ccc(-c7ccccc7)cc6)c5cc43)cc2)cc1.c1ccc2c(c1)Cc1cc3c(cc1-2)-c1ccccc1C3. The molecule has 2 aliphatic rings. The highest BCUT2D eigenvalue weighted by Gasteiger charge is 2.25. The highest BCUT2D eigenvalue weighted by molar-refractivity contribution is 9.10. The molecular formula is C74H52BrN2-. The molecule has 0 N–H and O–H groups in total. The van der Waals surface area contributed by atoms with Gasteiger partial charge in [0.05, 0.1) is 22.1 Å². The van der Waals surface area contributed by atoms with Gasteiger partial charge in [-0.25, -0.2) is 0 Å². The number of para-hydroxylation sites is 2. The monoisotopic (exact) mass is 1050 g/mol. The predicted octanol–water partition coefficient (Wildman–Crippen LogP) is 20.3. The van der Waals surface area contributed by atoms with Crippen LogP contribution in [-0.2, 0) is 12.8 Å². The van der Waals surface area contributed by atoms with Crippen LogP contribution in [0.1, 0.15) is 23.7 Å². The van der Waals surface area contributed by atoms with Gasteiger partial charge in [-0.1, -0.05) is 234 Å². The number of benzene rings is 12. The van der Waals surface area contributed by atoms with Crippen LogP contribution in [0, 0.1) is 0 Å². The van der Waals surface area contributed by atoms with Crippen LogP contribution in [0.2, 0.25) is 0 Å². The van der Waals surface area contributed by atoms with Crippen molar-refractivity contribution in [2.24, 2.45) is 0 Å². The molecule has 0 aliphatic heterocycles. The average molecular weight is 1050 g/mol. The molecule has 366 valence electrons. The van der Waals surface area contributed by atoms with E-state index in [1.165, 1.54) is 122 Å². The summed E-state index contributed by atoms with van der Waals surface area (Å²) < 4.78 is 5.95. The molecule has 0 spiro atoms. The van der Waals surface area contributed by atoms with Gasteiger partial charge in [-0.3, -0.25) is 0 Å². The summed E-state index contributed by atoms with van der Waals surface area (Å²) in [6, 6.07) is 103. The van der Waals surface area contributed by atoms with Crippen LogP contribution in [-0.4, -0.2) is 9.13 Å². The second-order valence-corrected chi connectivity index (χ2v) is 21.0. The number of hydrogen-bond acceptors (Lipinski definition) is 0. The van der Waals surface area contributed by atoms with E-state index in [1.807, 2.05) is 6.07 Å². The van der Waals surface area contributed by atoms with Gasteiger partial charge < -0.3 is 10.6 Å². The van der Waals surface area contributed by atoms with Crippen LogP contribution < -0.4 is 0 Å². The predicted molar refractivity (Wildman–Crippen MR) is 330 cm³/mol. The van der Waals surface area contributed by atoms with Crippen molar-refractivity contribution in [3.05, 3.63) is 312 Å². The summed E-state index contributed by atoms with van der Waals surface area (Å²) >= 11 is 3.42. The second-order valence-electron chi connectivity index (χ2n) is 20.1. The van der Waals surface area contributed by atoms with Gasteiger partial charge in [0.25, 0.3) is 0 Å². The van der Waals surface area contributed by atoms with Gasteiger partial charge >= 0.3 is 0 Å². The maximum absolute atomic E-state index is 3.42. The molecule has 0 radical (unpaired) electrons. The summed E-state index contributed by atoms with van der Waals surface area (Å²) in [6.45, 7) is 0. The molecule has 0 unspecified atom stereocenters. The van der Waals surface area contributed by atoms with Crippen LogP contribution in [0.25, 0.3) is 111 Å². The van der Waals surface area contributed by atoms with Crippen LogP contribution in [0.15, 0.2) is 290 Å². The number of hydrogen-bond donors (Lipinski definition) is 0. The molecule has 0 fully saturated rings. The summed E-state index contributed by atoms with van der Waals surface area (Å²) in [5, 5.41) is 5.06. The fourth-order valence-electron chi connectivity index (χ4n) is 11.9. The molecule has 0 saturated heterocycles. The van der Waals surface area contributed by atoms with Crippen LogP contribution in [0.4, 0.5) is 0 Å². The lowest BCUT2D eigenvalue weighted by Gasteiger charge is -2.11. The van der Waals surface area contributed by atoms with Gasteiger partial charge in [-0.05, 0) is 157 Å². The van der Waals surface area contributed by atoms with Crippen molar-refractivity contribution in [3.63, 3.8) is 0 Å². The largest absolute Gasteiger partial charge is 1.00 e. The Balaban J connectivity index is 0.000000139. The molecule has 0 amide bonds. The zero-order chi connectivity index (χ0) is 51.2. The Hall–Kier alpha value is -9.28. The third-order valence-corrected chi connectivity index (χ3v) is 16.1. The number of aromatic nitrogens is 2. The Morgan fingerprint density at radius 3 is 1.03 bits per heavy atom. The molecule has 2 aromatic heterocycles. The van der Waals surface area contributed by atoms with E-state index < -0.39 is 0 Å². The Kier molecular flexibility index (Phi) is 11.9. The van der Waals surface area contributed by atoms with E-state index in [0.29, 0.717) is 0 Å². The fraction of sp³-hybridized carbons (Fsp3) is 0.0270. The van der Waals surface area contributed by atoms with E-state index in [0.717, 1.165) is 28.7 Å². The highest BCUT2D eigenvalue weighted by atomic mass is 79.9. The first kappa shape index (κ1) is 46.3. The van der Waals surface area contributed by atoms with Crippen molar-refractivity contribution in [1.82, 2.24) is 9.13 Å². The van der Waals surface area contributed by atoms with Gasteiger partial charge in [0, 0.05) is 37.4 Å². The van der Waals surface area contributed by atoms with E-state index in [4.69, 9.17) is 0 Å². The van der Waals surface area contributed by atoms with Crippen LogP contribution >= 0.6 is 15.9 Å². The number of nitrogens with zero attached hydrogens (tertiary/aromatic N) is 2. The third kappa shape index (κ3) is 8.56. The molecule has 3 heteroatoms. The number of rotatable bonds is 5. The van der Waals surface area contributed by atoms with E-state index in [9.17, 15) is 0 Å². The van der Waals surface area contributed by atoms with Crippen molar-refractivity contribution in [1.29, 1.82) is 0 Å². The molecule has 16 rings (SSSR count).